The van der Waals surface area contributed by atoms with E-state index in [1.54, 1.807) is 0 Å². The van der Waals surface area contributed by atoms with Gasteiger partial charge >= 0.3 is 0 Å². The Bertz CT molecular complexity index is 3340. The molecule has 0 unspecified atom stereocenters. The Kier molecular flexibility index (Phi) is 13.8. The molecule has 10 rings (SSSR count). The van der Waals surface area contributed by atoms with Crippen molar-refractivity contribution in [2.24, 2.45) is 0 Å². The summed E-state index contributed by atoms with van der Waals surface area (Å²) >= 11 is 0. The first-order chi connectivity index (χ1) is 33.5. The van der Waals surface area contributed by atoms with Gasteiger partial charge in [-0.2, -0.15) is 0 Å². The van der Waals surface area contributed by atoms with Crippen molar-refractivity contribution in [3.8, 4) is 78.6 Å². The predicted octanol–water partition coefficient (Wildman–Crippen LogP) is 17.9. The third-order valence-electron chi connectivity index (χ3n) is 14.5. The maximum Gasteiger partial charge on any atom is 0.148 e. The maximum atomic E-state index is 12.6. The van der Waals surface area contributed by atoms with Gasteiger partial charge in [-0.25, -0.2) is 4.98 Å². The molecule has 2 aromatic heterocycles. The van der Waals surface area contributed by atoms with Crippen LogP contribution in [0, 0.1) is 6.07 Å². The average Bonchev–Trinajstić information content (AvgIpc) is 3.75. The zero-order valence-electron chi connectivity index (χ0n) is 42.8. The Morgan fingerprint density at radius 1 is 0.521 bits per heavy atom. The molecule has 1 aliphatic carbocycles. The second-order valence-electron chi connectivity index (χ2n) is 22.7. The summed E-state index contributed by atoms with van der Waals surface area (Å²) in [5, 5.41) is 12.6. The van der Waals surface area contributed by atoms with Gasteiger partial charge < -0.3 is 5.11 Å². The van der Waals surface area contributed by atoms with Gasteiger partial charge in [0.25, 0.3) is 0 Å². The van der Waals surface area contributed by atoms with E-state index in [9.17, 15) is 5.11 Å². The van der Waals surface area contributed by atoms with Crippen LogP contribution in [0.3, 0.4) is 0 Å². The van der Waals surface area contributed by atoms with E-state index < -0.39 is 0 Å². The maximum absolute atomic E-state index is 12.6. The number of hydrogen-bond acceptors (Lipinski definition) is 3. The number of nitrogens with zero attached hydrogens (tertiary/aromatic N) is 3. The molecule has 0 bridgehead atoms. The molecule has 1 fully saturated rings. The molecule has 0 aliphatic heterocycles. The third kappa shape index (κ3) is 10.1. The summed E-state index contributed by atoms with van der Waals surface area (Å²) in [6, 6.07) is 60.8. The average molecular weight is 1110 g/mol. The minimum absolute atomic E-state index is 0. The van der Waals surface area contributed by atoms with Crippen molar-refractivity contribution in [3.05, 3.63) is 192 Å². The minimum atomic E-state index is -0.335. The fourth-order valence-corrected chi connectivity index (χ4v) is 10.4. The molecule has 4 nitrogen and oxygen atoms in total. The van der Waals surface area contributed by atoms with E-state index in [1.165, 1.54) is 48.8 Å². The van der Waals surface area contributed by atoms with E-state index in [0.29, 0.717) is 17.3 Å². The molecule has 1 saturated carbocycles. The van der Waals surface area contributed by atoms with Gasteiger partial charge in [0.05, 0.1) is 22.3 Å². The van der Waals surface area contributed by atoms with Gasteiger partial charge in [-0.1, -0.05) is 214 Å². The molecule has 5 heteroatoms. The van der Waals surface area contributed by atoms with Gasteiger partial charge in [-0.05, 0) is 104 Å². The van der Waals surface area contributed by atoms with Gasteiger partial charge in [-0.3, -0.25) is 9.55 Å². The predicted molar refractivity (Wildman–Crippen MR) is 294 cm³/mol. The molecule has 0 saturated heterocycles. The molecule has 0 radical (unpaired) electrons. The molecule has 2 heterocycles. The minimum Gasteiger partial charge on any atom is -0.507 e. The smallest absolute Gasteiger partial charge is 0.148 e. The number of phenolic OH excluding ortho intramolecular Hbond substituents is 1. The molecule has 0 spiro atoms. The Morgan fingerprint density at radius 3 is 1.82 bits per heavy atom. The summed E-state index contributed by atoms with van der Waals surface area (Å²) in [6.07, 6.45) is 8.51. The summed E-state index contributed by atoms with van der Waals surface area (Å²) in [4.78, 5) is 10.7. The van der Waals surface area contributed by atoms with Crippen molar-refractivity contribution >= 4 is 11.0 Å². The van der Waals surface area contributed by atoms with Gasteiger partial charge in [0.1, 0.15) is 11.6 Å². The van der Waals surface area contributed by atoms with E-state index in [2.05, 4.69) is 231 Å². The summed E-state index contributed by atoms with van der Waals surface area (Å²) in [6.45, 7) is 20.0. The molecular formula is C66H66N3OPt-. The second kappa shape index (κ2) is 19.7. The van der Waals surface area contributed by atoms with Crippen LogP contribution in [0.4, 0.5) is 0 Å². The Balaban J connectivity index is 0.00000624. The second-order valence-corrected chi connectivity index (χ2v) is 22.7. The number of hydrogen-bond donors (Lipinski definition) is 1. The summed E-state index contributed by atoms with van der Waals surface area (Å²) in [5.74, 6) is 1.60. The van der Waals surface area contributed by atoms with Gasteiger partial charge in [0.2, 0.25) is 0 Å². The van der Waals surface area contributed by atoms with Crippen LogP contribution in [-0.2, 0) is 37.3 Å². The van der Waals surface area contributed by atoms with Crippen LogP contribution in [0.25, 0.3) is 83.9 Å². The first kappa shape index (κ1) is 49.6. The zero-order chi connectivity index (χ0) is 49.0. The first-order valence-corrected chi connectivity index (χ1v) is 25.3. The molecule has 362 valence electrons. The van der Waals surface area contributed by atoms with Gasteiger partial charge in [0.15, 0.2) is 0 Å². The van der Waals surface area contributed by atoms with Crippen molar-refractivity contribution < 1.29 is 26.2 Å². The van der Waals surface area contributed by atoms with E-state index in [1.807, 2.05) is 6.20 Å². The summed E-state index contributed by atoms with van der Waals surface area (Å²) in [7, 11) is 0. The summed E-state index contributed by atoms with van der Waals surface area (Å²) in [5.41, 5.74) is 17.9. The number of aromatic nitrogens is 3. The Labute approximate surface area is 436 Å². The van der Waals surface area contributed by atoms with Crippen LogP contribution in [0.1, 0.15) is 123 Å². The van der Waals surface area contributed by atoms with Gasteiger partial charge in [-0.15, -0.1) is 23.8 Å². The Hall–Kier alpha value is -6.35. The first-order valence-electron chi connectivity index (χ1n) is 25.3. The molecule has 7 aromatic carbocycles. The number of pyridine rings is 1. The van der Waals surface area contributed by atoms with E-state index in [4.69, 9.17) is 9.97 Å². The van der Waals surface area contributed by atoms with E-state index in [0.717, 1.165) is 78.0 Å². The molecule has 9 aromatic rings. The van der Waals surface area contributed by atoms with Crippen LogP contribution in [0.15, 0.2) is 164 Å². The molecular weight excluding hydrogens is 1050 g/mol. The molecule has 71 heavy (non-hydrogen) atoms. The number of phenols is 1. The third-order valence-corrected chi connectivity index (χ3v) is 14.5. The molecule has 1 aliphatic rings. The van der Waals surface area contributed by atoms with E-state index >= 15 is 0 Å². The fourth-order valence-electron chi connectivity index (χ4n) is 10.4. The van der Waals surface area contributed by atoms with Crippen molar-refractivity contribution in [1.82, 2.24) is 14.5 Å². The van der Waals surface area contributed by atoms with Crippen molar-refractivity contribution in [2.75, 3.05) is 0 Å². The van der Waals surface area contributed by atoms with Gasteiger partial charge in [0, 0.05) is 44.1 Å². The largest absolute Gasteiger partial charge is 0.507 e. The van der Waals surface area contributed by atoms with Crippen LogP contribution in [0.2, 0.25) is 0 Å². The van der Waals surface area contributed by atoms with Crippen LogP contribution in [0.5, 0.6) is 5.75 Å². The molecule has 0 amide bonds. The van der Waals surface area contributed by atoms with Crippen molar-refractivity contribution in [3.63, 3.8) is 0 Å². The number of imidazole rings is 1. The topological polar surface area (TPSA) is 50.9 Å². The Morgan fingerprint density at radius 2 is 1.15 bits per heavy atom. The SMILES string of the molecule is CC(C)(C)c1ccc(-n2c(-c3cc(C(C)(C)C)cc(C(C)(C)C)c3O)nc3c(-c4[c-]c(-c5cc(-c6ccc(C7CCCCC7)cc6)ccn5)cc(-c5ccccc5)c4)cccc32)c(-c2ccccc2)c1.[Pt]. The number of fused-ring (bicyclic) bond motifs is 1. The number of benzene rings is 7. The quantitative estimate of drug-likeness (QED) is 0.154. The van der Waals surface area contributed by atoms with Crippen LogP contribution in [-0.4, -0.2) is 19.6 Å². The van der Waals surface area contributed by atoms with Crippen molar-refractivity contribution in [2.45, 2.75) is 117 Å². The monoisotopic (exact) mass is 1110 g/mol. The van der Waals surface area contributed by atoms with Crippen molar-refractivity contribution in [1.29, 1.82) is 0 Å². The van der Waals surface area contributed by atoms with E-state index in [-0.39, 0.29) is 43.1 Å². The standard InChI is InChI=1S/C66H66N3O.Pt/c1-64(2,3)52-32-33-59(55(40-52)47-24-17-12-18-25-47)69-60-27-19-26-54(61(60)68-63(69)56-41-53(65(4,5)6)42-57(62(56)70)66(7,8)9)50-36-49(44-22-15-11-16-23-44)37-51(38-50)58-39-48(34-35-67-58)46-30-28-45(29-31-46)43-20-13-10-14-21-43;/h11-12,15-19,22-37,39-43,70H,10,13-14,20-21H2,1-9H3;/q-1;. The number of aromatic hydroxyl groups is 1. The number of rotatable bonds is 8. The van der Waals surface area contributed by atoms with Crippen LogP contribution < -0.4 is 0 Å². The fraction of sp³-hybridized carbons (Fsp3) is 0.273. The molecule has 0 atom stereocenters. The molecule has 1 N–H and O–H groups in total. The summed E-state index contributed by atoms with van der Waals surface area (Å²) < 4.78 is 2.29. The normalized spacial score (nSPS) is 13.6. The zero-order valence-corrected chi connectivity index (χ0v) is 45.1. The van der Waals surface area contributed by atoms with Crippen LogP contribution >= 0.6 is 0 Å². The number of para-hydroxylation sites is 1.